The Morgan fingerprint density at radius 2 is 1.90 bits per heavy atom. The average Bonchev–Trinajstić information content (AvgIpc) is 3.02. The van der Waals surface area contributed by atoms with Gasteiger partial charge in [-0.2, -0.15) is 18.3 Å². The van der Waals surface area contributed by atoms with Crippen LogP contribution in [0.2, 0.25) is 0 Å². The normalized spacial score (nSPS) is 11.9. The maximum atomic E-state index is 13.0. The summed E-state index contributed by atoms with van der Waals surface area (Å²) < 4.78 is 53.0. The molecule has 0 bridgehead atoms. The van der Waals surface area contributed by atoms with Gasteiger partial charge in [0.15, 0.2) is 11.7 Å². The van der Waals surface area contributed by atoms with Crippen LogP contribution in [-0.4, -0.2) is 34.6 Å². The topological polar surface area (TPSA) is 54.2 Å². The number of guanidine groups is 1. The lowest BCUT2D eigenvalue weighted by molar-refractivity contribution is -0.142. The van der Waals surface area contributed by atoms with Gasteiger partial charge in [0.25, 0.3) is 0 Å². The fourth-order valence-corrected chi connectivity index (χ4v) is 3.25. The number of hydrogen-bond donors (Lipinski definition) is 2. The number of aromatic nitrogens is 2. The number of halogens is 5. The van der Waals surface area contributed by atoms with Crippen molar-refractivity contribution in [3.05, 3.63) is 47.5 Å². The molecule has 0 aliphatic heterocycles. The van der Waals surface area contributed by atoms with Crippen LogP contribution < -0.4 is 10.6 Å². The molecule has 29 heavy (non-hydrogen) atoms. The molecule has 1 heterocycles. The Bertz CT molecular complexity index is 778. The lowest BCUT2D eigenvalue weighted by Crippen LogP contribution is -2.37. The second-order valence-corrected chi connectivity index (χ2v) is 7.12. The van der Waals surface area contributed by atoms with Crippen LogP contribution >= 0.6 is 35.7 Å². The van der Waals surface area contributed by atoms with Crippen molar-refractivity contribution in [2.45, 2.75) is 31.0 Å². The van der Waals surface area contributed by atoms with Crippen LogP contribution in [0.5, 0.6) is 0 Å². The van der Waals surface area contributed by atoms with Crippen LogP contribution in [0.25, 0.3) is 0 Å². The minimum absolute atomic E-state index is 0. The summed E-state index contributed by atoms with van der Waals surface area (Å²) >= 11 is 1.61. The molecule has 5 nitrogen and oxygen atoms in total. The fraction of sp³-hybridized carbons (Fsp3) is 0.444. The van der Waals surface area contributed by atoms with Crippen molar-refractivity contribution in [3.63, 3.8) is 0 Å². The van der Waals surface area contributed by atoms with E-state index in [0.717, 1.165) is 21.8 Å². The van der Waals surface area contributed by atoms with Gasteiger partial charge in [0.1, 0.15) is 5.82 Å². The Balaban J connectivity index is 0.00000420. The molecule has 0 atom stereocenters. The minimum atomic E-state index is -4.50. The molecule has 0 spiro atoms. The van der Waals surface area contributed by atoms with Crippen molar-refractivity contribution in [3.8, 4) is 0 Å². The number of benzene rings is 1. The molecule has 0 saturated carbocycles. The number of thioether (sulfide) groups is 1. The summed E-state index contributed by atoms with van der Waals surface area (Å²) in [7, 11) is 1.45. The molecule has 0 aliphatic carbocycles. The maximum absolute atomic E-state index is 13.0. The van der Waals surface area contributed by atoms with Crippen LogP contribution in [0.15, 0.2) is 40.4 Å². The first-order valence-electron chi connectivity index (χ1n) is 8.80. The Morgan fingerprint density at radius 1 is 1.21 bits per heavy atom. The maximum Gasteiger partial charge on any atom is 0.435 e. The number of rotatable bonds is 8. The highest BCUT2D eigenvalue weighted by molar-refractivity contribution is 14.0. The van der Waals surface area contributed by atoms with Crippen LogP contribution in [0.4, 0.5) is 17.6 Å². The fourth-order valence-electron chi connectivity index (χ4n) is 2.40. The zero-order valence-corrected chi connectivity index (χ0v) is 19.2. The number of nitrogens with zero attached hydrogens (tertiary/aromatic N) is 3. The summed E-state index contributed by atoms with van der Waals surface area (Å²) in [5.74, 6) is 1.00. The zero-order chi connectivity index (χ0) is 20.6. The standard InChI is InChI=1S/C18H23F4N5S.HI/c1-3-23-17(24-9-4-10-28-15-7-5-14(19)6-8-15)25-11-13-12-27(2)26-16(13)18(20,21)22;/h5-8,12H,3-4,9-11H2,1-2H3,(H2,23,24,25);1H. The van der Waals surface area contributed by atoms with Gasteiger partial charge in [0.2, 0.25) is 0 Å². The van der Waals surface area contributed by atoms with E-state index < -0.39 is 11.9 Å². The van der Waals surface area contributed by atoms with Crippen molar-refractivity contribution >= 4 is 41.7 Å². The van der Waals surface area contributed by atoms with Crippen molar-refractivity contribution in [1.29, 1.82) is 0 Å². The summed E-state index contributed by atoms with van der Waals surface area (Å²) in [6.07, 6.45) is -2.36. The largest absolute Gasteiger partial charge is 0.435 e. The van der Waals surface area contributed by atoms with Crippen LogP contribution in [-0.2, 0) is 19.8 Å². The highest BCUT2D eigenvalue weighted by atomic mass is 127. The van der Waals surface area contributed by atoms with E-state index in [-0.39, 0.29) is 41.9 Å². The van der Waals surface area contributed by atoms with Gasteiger partial charge in [0.05, 0.1) is 6.54 Å². The SMILES string of the molecule is CCNC(=NCc1cn(C)nc1C(F)(F)F)NCCCSc1ccc(F)cc1.I. The monoisotopic (exact) mass is 545 g/mol. The van der Waals surface area contributed by atoms with Gasteiger partial charge in [0, 0.05) is 36.8 Å². The molecule has 1 aromatic carbocycles. The van der Waals surface area contributed by atoms with E-state index in [1.54, 1.807) is 23.9 Å². The van der Waals surface area contributed by atoms with Gasteiger partial charge >= 0.3 is 6.18 Å². The molecule has 0 radical (unpaired) electrons. The molecule has 1 aromatic heterocycles. The summed E-state index contributed by atoms with van der Waals surface area (Å²) in [5, 5.41) is 9.60. The third-order valence-electron chi connectivity index (χ3n) is 3.62. The molecule has 11 heteroatoms. The average molecular weight is 545 g/mol. The van der Waals surface area contributed by atoms with Gasteiger partial charge in [-0.25, -0.2) is 9.38 Å². The molecular weight excluding hydrogens is 521 g/mol. The summed E-state index contributed by atoms with van der Waals surface area (Å²) in [6.45, 7) is 2.96. The van der Waals surface area contributed by atoms with E-state index in [1.807, 2.05) is 6.92 Å². The van der Waals surface area contributed by atoms with Crippen molar-refractivity contribution in [1.82, 2.24) is 20.4 Å². The molecule has 0 fully saturated rings. The first kappa shape index (κ1) is 25.5. The summed E-state index contributed by atoms with van der Waals surface area (Å²) in [5.41, 5.74) is -0.885. The van der Waals surface area contributed by atoms with E-state index in [0.29, 0.717) is 19.0 Å². The molecule has 0 saturated heterocycles. The zero-order valence-electron chi connectivity index (χ0n) is 16.1. The highest BCUT2D eigenvalue weighted by Gasteiger charge is 2.36. The van der Waals surface area contributed by atoms with Crippen LogP contribution in [0.3, 0.4) is 0 Å². The smallest absolute Gasteiger partial charge is 0.357 e. The Labute approximate surface area is 188 Å². The van der Waals surface area contributed by atoms with Gasteiger partial charge in [-0.1, -0.05) is 0 Å². The molecule has 162 valence electrons. The number of aliphatic imine (C=N–C) groups is 1. The summed E-state index contributed by atoms with van der Waals surface area (Å²) in [6, 6.07) is 6.30. The molecule has 2 N–H and O–H groups in total. The van der Waals surface area contributed by atoms with Gasteiger partial charge in [-0.15, -0.1) is 35.7 Å². The second-order valence-electron chi connectivity index (χ2n) is 5.95. The molecule has 2 aromatic rings. The van der Waals surface area contributed by atoms with E-state index in [4.69, 9.17) is 0 Å². The first-order chi connectivity index (χ1) is 13.3. The van der Waals surface area contributed by atoms with Crippen LogP contribution in [0.1, 0.15) is 24.6 Å². The van der Waals surface area contributed by atoms with Gasteiger partial charge in [-0.3, -0.25) is 4.68 Å². The van der Waals surface area contributed by atoms with E-state index in [2.05, 4.69) is 20.7 Å². The Hall–Kier alpha value is -1.50. The predicted molar refractivity (Wildman–Crippen MR) is 118 cm³/mol. The summed E-state index contributed by atoms with van der Waals surface area (Å²) in [4.78, 5) is 5.21. The minimum Gasteiger partial charge on any atom is -0.357 e. The number of hydrogen-bond acceptors (Lipinski definition) is 3. The molecule has 0 aliphatic rings. The van der Waals surface area contributed by atoms with Crippen molar-refractivity contribution in [2.24, 2.45) is 12.0 Å². The van der Waals surface area contributed by atoms with E-state index in [1.165, 1.54) is 25.4 Å². The number of aryl methyl sites for hydroxylation is 1. The first-order valence-corrected chi connectivity index (χ1v) is 9.78. The lowest BCUT2D eigenvalue weighted by atomic mass is 10.2. The van der Waals surface area contributed by atoms with Crippen molar-refractivity contribution in [2.75, 3.05) is 18.8 Å². The molecule has 2 rings (SSSR count). The van der Waals surface area contributed by atoms with Crippen LogP contribution in [0, 0.1) is 5.82 Å². The molecule has 0 amide bonds. The third-order valence-corrected chi connectivity index (χ3v) is 4.72. The quantitative estimate of drug-likeness (QED) is 0.129. The van der Waals surface area contributed by atoms with Gasteiger partial charge < -0.3 is 10.6 Å². The predicted octanol–water partition coefficient (Wildman–Crippen LogP) is 4.43. The second kappa shape index (κ2) is 12.3. The van der Waals surface area contributed by atoms with Gasteiger partial charge in [-0.05, 0) is 43.4 Å². The lowest BCUT2D eigenvalue weighted by Gasteiger charge is -2.11. The molecule has 0 unspecified atom stereocenters. The Morgan fingerprint density at radius 3 is 2.52 bits per heavy atom. The van der Waals surface area contributed by atoms with E-state index >= 15 is 0 Å². The Kier molecular flexibility index (Phi) is 10.8. The highest BCUT2D eigenvalue weighted by Crippen LogP contribution is 2.30. The van der Waals surface area contributed by atoms with E-state index in [9.17, 15) is 17.6 Å². The third kappa shape index (κ3) is 8.81. The molecular formula is C18H24F4IN5S. The van der Waals surface area contributed by atoms with Crippen molar-refractivity contribution < 1.29 is 17.6 Å². The number of alkyl halides is 3. The number of nitrogens with one attached hydrogen (secondary N) is 2.